The van der Waals surface area contributed by atoms with Crippen LogP contribution in [-0.2, 0) is 16.1 Å². The van der Waals surface area contributed by atoms with Gasteiger partial charge in [-0.15, -0.1) is 0 Å². The van der Waals surface area contributed by atoms with Crippen LogP contribution in [0.15, 0.2) is 77.3 Å². The number of carbonyl (C=O) groups is 3. The zero-order valence-corrected chi connectivity index (χ0v) is 18.9. The minimum absolute atomic E-state index is 0.0396. The number of nitrogens with zero attached hydrogens (tertiary/aromatic N) is 2. The highest BCUT2D eigenvalue weighted by Crippen LogP contribution is 2.23. The van der Waals surface area contributed by atoms with Crippen molar-refractivity contribution in [2.24, 2.45) is 0 Å². The minimum Gasteiger partial charge on any atom is -0.450 e. The number of hydrogen-bond acceptors (Lipinski definition) is 6. The summed E-state index contributed by atoms with van der Waals surface area (Å²) in [5.41, 5.74) is 2.13. The van der Waals surface area contributed by atoms with Crippen molar-refractivity contribution in [3.05, 3.63) is 94.8 Å². The van der Waals surface area contributed by atoms with Gasteiger partial charge in [-0.3, -0.25) is 9.59 Å². The SMILES string of the molecule is CC(=O)c1ccc(-c2ccc(C(=O)OCC(=O)Nc3ccnn3Cc3ccccc3Cl)o2)cc1. The summed E-state index contributed by atoms with van der Waals surface area (Å²) in [5, 5.41) is 7.46. The first-order valence-electron chi connectivity index (χ1n) is 10.3. The third-order valence-corrected chi connectivity index (χ3v) is 5.35. The number of ketones is 1. The lowest BCUT2D eigenvalue weighted by molar-refractivity contribution is -0.119. The lowest BCUT2D eigenvalue weighted by Crippen LogP contribution is -2.22. The highest BCUT2D eigenvalue weighted by Gasteiger charge is 2.17. The summed E-state index contributed by atoms with van der Waals surface area (Å²) in [4.78, 5) is 36.0. The number of furan rings is 1. The van der Waals surface area contributed by atoms with E-state index in [0.29, 0.717) is 34.3 Å². The predicted molar refractivity (Wildman–Crippen MR) is 126 cm³/mol. The van der Waals surface area contributed by atoms with E-state index < -0.39 is 18.5 Å². The number of esters is 1. The summed E-state index contributed by atoms with van der Waals surface area (Å²) in [6.45, 7) is 1.35. The molecule has 9 heteroatoms. The predicted octanol–water partition coefficient (Wildman–Crippen LogP) is 4.84. The highest BCUT2D eigenvalue weighted by molar-refractivity contribution is 6.31. The van der Waals surface area contributed by atoms with Gasteiger partial charge in [0, 0.05) is 22.2 Å². The van der Waals surface area contributed by atoms with Crippen molar-refractivity contribution in [2.45, 2.75) is 13.5 Å². The maximum atomic E-state index is 12.3. The molecule has 1 N–H and O–H groups in total. The molecule has 0 unspecified atom stereocenters. The lowest BCUT2D eigenvalue weighted by Gasteiger charge is -2.10. The molecular weight excluding hydrogens is 458 g/mol. The maximum absolute atomic E-state index is 12.3. The Morgan fingerprint density at radius 2 is 1.79 bits per heavy atom. The van der Waals surface area contributed by atoms with Crippen LogP contribution in [0.2, 0.25) is 5.02 Å². The van der Waals surface area contributed by atoms with E-state index in [9.17, 15) is 14.4 Å². The second kappa shape index (κ2) is 10.2. The molecule has 0 aliphatic carbocycles. The standard InChI is InChI=1S/C25H20ClN3O5/c1-16(30)17-6-8-18(9-7-17)21-10-11-22(34-21)25(32)33-15-24(31)28-23-12-13-27-29(23)14-19-4-2-3-5-20(19)26/h2-13H,14-15H2,1H3,(H,28,31). The molecule has 0 aliphatic heterocycles. The molecule has 0 atom stereocenters. The number of Topliss-reactive ketones (excluding diaryl/α,β-unsaturated/α-hetero) is 1. The average Bonchev–Trinajstić information content (AvgIpc) is 3.49. The van der Waals surface area contributed by atoms with E-state index in [1.165, 1.54) is 13.0 Å². The van der Waals surface area contributed by atoms with Gasteiger partial charge in [0.05, 0.1) is 12.7 Å². The molecule has 34 heavy (non-hydrogen) atoms. The van der Waals surface area contributed by atoms with Crippen LogP contribution in [0.25, 0.3) is 11.3 Å². The Bertz CT molecular complexity index is 1340. The molecule has 2 aromatic heterocycles. The molecule has 1 amide bonds. The first-order valence-corrected chi connectivity index (χ1v) is 10.7. The van der Waals surface area contributed by atoms with Crippen LogP contribution in [0, 0.1) is 0 Å². The number of carbonyl (C=O) groups excluding carboxylic acids is 3. The number of hydrogen-bond donors (Lipinski definition) is 1. The summed E-state index contributed by atoms with van der Waals surface area (Å²) in [6, 6.07) is 18.9. The van der Waals surface area contributed by atoms with Crippen molar-refractivity contribution < 1.29 is 23.5 Å². The summed E-state index contributed by atoms with van der Waals surface area (Å²) < 4.78 is 12.2. The van der Waals surface area contributed by atoms with Gasteiger partial charge in [-0.05, 0) is 30.7 Å². The topological polar surface area (TPSA) is 103 Å². The first kappa shape index (κ1) is 23.0. The fourth-order valence-corrected chi connectivity index (χ4v) is 3.40. The van der Waals surface area contributed by atoms with Gasteiger partial charge in [0.15, 0.2) is 12.4 Å². The summed E-state index contributed by atoms with van der Waals surface area (Å²) in [6.07, 6.45) is 1.55. The van der Waals surface area contributed by atoms with Crippen LogP contribution in [-0.4, -0.2) is 34.0 Å². The average molecular weight is 478 g/mol. The van der Waals surface area contributed by atoms with Crippen molar-refractivity contribution in [1.82, 2.24) is 9.78 Å². The molecule has 0 saturated heterocycles. The zero-order chi connectivity index (χ0) is 24.1. The Labute approximate surface area is 200 Å². The zero-order valence-electron chi connectivity index (χ0n) is 18.2. The molecule has 172 valence electrons. The van der Waals surface area contributed by atoms with E-state index in [-0.39, 0.29) is 11.5 Å². The molecule has 2 aromatic carbocycles. The minimum atomic E-state index is -0.772. The normalized spacial score (nSPS) is 10.6. The van der Waals surface area contributed by atoms with Crippen molar-refractivity contribution in [3.8, 4) is 11.3 Å². The number of benzene rings is 2. The van der Waals surface area contributed by atoms with E-state index in [2.05, 4.69) is 10.4 Å². The number of ether oxygens (including phenoxy) is 1. The molecule has 0 spiro atoms. The number of anilines is 1. The summed E-state index contributed by atoms with van der Waals surface area (Å²) in [5.74, 6) is -0.500. The molecule has 2 heterocycles. The third-order valence-electron chi connectivity index (χ3n) is 4.98. The van der Waals surface area contributed by atoms with Crippen molar-refractivity contribution in [3.63, 3.8) is 0 Å². The third kappa shape index (κ3) is 5.41. The van der Waals surface area contributed by atoms with E-state index in [1.54, 1.807) is 53.3 Å². The van der Waals surface area contributed by atoms with E-state index in [1.807, 2.05) is 18.2 Å². The molecule has 0 bridgehead atoms. The highest BCUT2D eigenvalue weighted by atomic mass is 35.5. The van der Waals surface area contributed by atoms with Crippen molar-refractivity contribution >= 4 is 35.1 Å². The maximum Gasteiger partial charge on any atom is 0.374 e. The summed E-state index contributed by atoms with van der Waals surface area (Å²) in [7, 11) is 0. The largest absolute Gasteiger partial charge is 0.450 e. The number of amides is 1. The Balaban J connectivity index is 1.33. The van der Waals surface area contributed by atoms with Crippen LogP contribution in [0.4, 0.5) is 5.82 Å². The molecule has 0 radical (unpaired) electrons. The second-order valence-corrected chi connectivity index (χ2v) is 7.79. The van der Waals surface area contributed by atoms with Gasteiger partial charge in [-0.25, -0.2) is 9.48 Å². The van der Waals surface area contributed by atoms with Crippen molar-refractivity contribution in [1.29, 1.82) is 0 Å². The fraction of sp³-hybridized carbons (Fsp3) is 0.120. The van der Waals surface area contributed by atoms with Gasteiger partial charge in [-0.2, -0.15) is 5.10 Å². The van der Waals surface area contributed by atoms with E-state index >= 15 is 0 Å². The molecule has 8 nitrogen and oxygen atoms in total. The number of rotatable bonds is 8. The van der Waals surface area contributed by atoms with E-state index in [0.717, 1.165) is 5.56 Å². The van der Waals surface area contributed by atoms with Gasteiger partial charge >= 0.3 is 5.97 Å². The number of halogens is 1. The van der Waals surface area contributed by atoms with Crippen LogP contribution in [0.1, 0.15) is 33.4 Å². The Morgan fingerprint density at radius 1 is 1.03 bits per heavy atom. The molecule has 4 aromatic rings. The Morgan fingerprint density at radius 3 is 2.53 bits per heavy atom. The summed E-state index contributed by atoms with van der Waals surface area (Å²) >= 11 is 6.19. The Kier molecular flexibility index (Phi) is 6.89. The lowest BCUT2D eigenvalue weighted by atomic mass is 10.1. The first-order chi connectivity index (χ1) is 16.4. The van der Waals surface area contributed by atoms with Crippen LogP contribution in [0.3, 0.4) is 0 Å². The van der Waals surface area contributed by atoms with Gasteiger partial charge in [0.1, 0.15) is 11.6 Å². The van der Waals surface area contributed by atoms with Gasteiger partial charge in [0.25, 0.3) is 5.91 Å². The van der Waals surface area contributed by atoms with Crippen molar-refractivity contribution in [2.75, 3.05) is 11.9 Å². The smallest absolute Gasteiger partial charge is 0.374 e. The number of aromatic nitrogens is 2. The van der Waals surface area contributed by atoms with Gasteiger partial charge in [0.2, 0.25) is 5.76 Å². The molecular formula is C25H20ClN3O5. The molecule has 0 fully saturated rings. The molecule has 0 saturated carbocycles. The van der Waals surface area contributed by atoms with Crippen LogP contribution < -0.4 is 5.32 Å². The van der Waals surface area contributed by atoms with Crippen LogP contribution >= 0.6 is 11.6 Å². The van der Waals surface area contributed by atoms with E-state index in [4.69, 9.17) is 20.8 Å². The van der Waals surface area contributed by atoms with Gasteiger partial charge in [-0.1, -0.05) is 54.1 Å². The van der Waals surface area contributed by atoms with Gasteiger partial charge < -0.3 is 14.5 Å². The quantitative estimate of drug-likeness (QED) is 0.287. The molecule has 4 rings (SSSR count). The van der Waals surface area contributed by atoms with Crippen LogP contribution in [0.5, 0.6) is 0 Å². The second-order valence-electron chi connectivity index (χ2n) is 7.39. The Hall–Kier alpha value is -4.17. The number of nitrogens with one attached hydrogen (secondary N) is 1. The monoisotopic (exact) mass is 477 g/mol. The fourth-order valence-electron chi connectivity index (χ4n) is 3.21. The molecule has 0 aliphatic rings.